The zero-order chi connectivity index (χ0) is 6.69. The maximum atomic E-state index is 8.57. The number of allylic oxidation sites excluding steroid dienone is 2. The van der Waals surface area contributed by atoms with Crippen LogP contribution in [0.5, 0.6) is 0 Å². The molecule has 0 spiro atoms. The molecule has 0 amide bonds. The lowest BCUT2D eigenvalue weighted by Gasteiger charge is -2.18. The Labute approximate surface area is 54.1 Å². The minimum absolute atomic E-state index is 0.564. The van der Waals surface area contributed by atoms with E-state index in [-0.39, 0.29) is 0 Å². The predicted molar refractivity (Wildman–Crippen MR) is 35.2 cm³/mol. The van der Waals surface area contributed by atoms with Gasteiger partial charge in [0.05, 0.1) is 0 Å². The Hall–Kier alpha value is -0.735. The van der Waals surface area contributed by atoms with Gasteiger partial charge in [-0.1, -0.05) is 12.2 Å². The number of nitrogens with zero attached hydrogens (tertiary/aromatic N) is 1. The van der Waals surface area contributed by atoms with Gasteiger partial charge < -0.3 is 14.9 Å². The lowest BCUT2D eigenvalue weighted by Crippen LogP contribution is -2.36. The van der Waals surface area contributed by atoms with Crippen LogP contribution in [0.15, 0.2) is 24.4 Å². The van der Waals surface area contributed by atoms with Crippen molar-refractivity contribution >= 4 is 7.25 Å². The molecule has 4 heteroatoms. The average molecular weight is 125 g/mol. The van der Waals surface area contributed by atoms with Crippen molar-refractivity contribution in [2.24, 2.45) is 0 Å². The second kappa shape index (κ2) is 2.71. The molecule has 0 atom stereocenters. The third-order valence-electron chi connectivity index (χ3n) is 1.14. The minimum atomic E-state index is -1.37. The summed E-state index contributed by atoms with van der Waals surface area (Å²) in [5.41, 5.74) is 0. The van der Waals surface area contributed by atoms with E-state index in [1.807, 2.05) is 12.2 Å². The van der Waals surface area contributed by atoms with Crippen LogP contribution in [0.2, 0.25) is 0 Å². The van der Waals surface area contributed by atoms with Crippen LogP contribution in [0.25, 0.3) is 0 Å². The van der Waals surface area contributed by atoms with E-state index < -0.39 is 7.25 Å². The molecule has 0 aromatic heterocycles. The molecule has 0 aromatic carbocycles. The van der Waals surface area contributed by atoms with Crippen molar-refractivity contribution in [2.45, 2.75) is 0 Å². The van der Waals surface area contributed by atoms with Gasteiger partial charge in [-0.2, -0.15) is 0 Å². The van der Waals surface area contributed by atoms with Gasteiger partial charge in [-0.25, -0.2) is 0 Å². The first-order valence-electron chi connectivity index (χ1n) is 2.76. The Morgan fingerprint density at radius 3 is 2.44 bits per heavy atom. The molecule has 1 rings (SSSR count). The zero-order valence-electron chi connectivity index (χ0n) is 4.94. The largest absolute Gasteiger partial charge is 0.587 e. The van der Waals surface area contributed by atoms with Crippen LogP contribution >= 0.6 is 0 Å². The topological polar surface area (TPSA) is 43.7 Å². The van der Waals surface area contributed by atoms with Gasteiger partial charge in [-0.3, -0.25) is 0 Å². The Morgan fingerprint density at radius 1 is 1.33 bits per heavy atom. The highest BCUT2D eigenvalue weighted by atomic mass is 16.4. The number of hydrogen-bond donors (Lipinski definition) is 2. The van der Waals surface area contributed by atoms with E-state index in [4.69, 9.17) is 10.0 Å². The third-order valence-corrected chi connectivity index (χ3v) is 1.14. The smallest absolute Gasteiger partial charge is 0.408 e. The maximum Gasteiger partial charge on any atom is 0.587 e. The van der Waals surface area contributed by atoms with Crippen LogP contribution < -0.4 is 0 Å². The van der Waals surface area contributed by atoms with Crippen molar-refractivity contribution in [2.75, 3.05) is 6.54 Å². The summed E-state index contributed by atoms with van der Waals surface area (Å²) in [5, 5.41) is 17.1. The second-order valence-electron chi connectivity index (χ2n) is 1.81. The lowest BCUT2D eigenvalue weighted by atomic mass is 10.1. The molecular formula is C5H8BNO2. The van der Waals surface area contributed by atoms with E-state index in [9.17, 15) is 0 Å². The highest BCUT2D eigenvalue weighted by Gasteiger charge is 2.15. The molecule has 0 bridgehead atoms. The maximum absolute atomic E-state index is 8.57. The predicted octanol–water partition coefficient (Wildman–Crippen LogP) is -0.659. The quantitative estimate of drug-likeness (QED) is 0.457. The third kappa shape index (κ3) is 1.59. The summed E-state index contributed by atoms with van der Waals surface area (Å²) in [5.74, 6) is 0. The Kier molecular flexibility index (Phi) is 1.92. The van der Waals surface area contributed by atoms with Gasteiger partial charge >= 0.3 is 7.25 Å². The first kappa shape index (κ1) is 6.39. The second-order valence-corrected chi connectivity index (χ2v) is 1.81. The van der Waals surface area contributed by atoms with Crippen LogP contribution in [0.3, 0.4) is 0 Å². The van der Waals surface area contributed by atoms with Crippen LogP contribution in [0, 0.1) is 0 Å². The van der Waals surface area contributed by atoms with E-state index in [2.05, 4.69) is 0 Å². The molecule has 0 saturated heterocycles. The molecule has 0 unspecified atom stereocenters. The van der Waals surface area contributed by atoms with Crippen LogP contribution in [0.1, 0.15) is 0 Å². The molecule has 2 N–H and O–H groups in total. The van der Waals surface area contributed by atoms with Crippen molar-refractivity contribution in [3.63, 3.8) is 0 Å². The summed E-state index contributed by atoms with van der Waals surface area (Å²) in [7, 11) is -1.37. The van der Waals surface area contributed by atoms with Gasteiger partial charge in [0.15, 0.2) is 0 Å². The molecular weight excluding hydrogens is 117 g/mol. The highest BCUT2D eigenvalue weighted by Crippen LogP contribution is 1.97. The molecule has 0 aliphatic carbocycles. The van der Waals surface area contributed by atoms with Crippen molar-refractivity contribution < 1.29 is 10.0 Å². The minimum Gasteiger partial charge on any atom is -0.408 e. The molecule has 1 aliphatic rings. The fraction of sp³-hybridized carbons (Fsp3) is 0.200. The van der Waals surface area contributed by atoms with Gasteiger partial charge in [0.25, 0.3) is 0 Å². The fourth-order valence-corrected chi connectivity index (χ4v) is 0.653. The molecule has 0 aromatic rings. The van der Waals surface area contributed by atoms with Crippen molar-refractivity contribution in [1.29, 1.82) is 0 Å². The molecule has 1 heterocycles. The Bertz CT molecular complexity index is 144. The van der Waals surface area contributed by atoms with Gasteiger partial charge in [-0.15, -0.1) is 0 Å². The molecule has 0 fully saturated rings. The van der Waals surface area contributed by atoms with Crippen molar-refractivity contribution in [1.82, 2.24) is 4.81 Å². The summed E-state index contributed by atoms with van der Waals surface area (Å²) in [4.78, 5) is 1.40. The highest BCUT2D eigenvalue weighted by molar-refractivity contribution is 6.38. The van der Waals surface area contributed by atoms with Crippen LogP contribution in [-0.4, -0.2) is 28.7 Å². The van der Waals surface area contributed by atoms with E-state index in [0.29, 0.717) is 6.54 Å². The van der Waals surface area contributed by atoms with E-state index in [0.717, 1.165) is 0 Å². The molecule has 9 heavy (non-hydrogen) atoms. The van der Waals surface area contributed by atoms with Crippen molar-refractivity contribution in [3.05, 3.63) is 24.4 Å². The summed E-state index contributed by atoms with van der Waals surface area (Å²) in [6.45, 7) is 0.564. The van der Waals surface area contributed by atoms with E-state index in [1.54, 1.807) is 12.3 Å². The van der Waals surface area contributed by atoms with Crippen molar-refractivity contribution in [3.8, 4) is 0 Å². The Morgan fingerprint density at radius 2 is 2.11 bits per heavy atom. The number of hydrogen-bond acceptors (Lipinski definition) is 3. The van der Waals surface area contributed by atoms with Crippen LogP contribution in [0.4, 0.5) is 0 Å². The molecule has 0 saturated carbocycles. The van der Waals surface area contributed by atoms with Gasteiger partial charge in [0.1, 0.15) is 0 Å². The Balaban J connectivity index is 2.46. The molecule has 1 aliphatic heterocycles. The normalized spacial score (nSPS) is 16.4. The molecule has 0 radical (unpaired) electrons. The molecule has 48 valence electrons. The summed E-state index contributed by atoms with van der Waals surface area (Å²) in [6.07, 6.45) is 7.09. The van der Waals surface area contributed by atoms with E-state index in [1.165, 1.54) is 4.81 Å². The van der Waals surface area contributed by atoms with E-state index >= 15 is 0 Å². The van der Waals surface area contributed by atoms with Crippen LogP contribution in [-0.2, 0) is 0 Å². The van der Waals surface area contributed by atoms with Gasteiger partial charge in [0, 0.05) is 6.54 Å². The SMILES string of the molecule is OB(O)N1C=CC=CC1. The summed E-state index contributed by atoms with van der Waals surface area (Å²) < 4.78 is 0. The van der Waals surface area contributed by atoms with Gasteiger partial charge in [0.2, 0.25) is 0 Å². The van der Waals surface area contributed by atoms with Gasteiger partial charge in [-0.05, 0) is 12.3 Å². The zero-order valence-corrected chi connectivity index (χ0v) is 4.94. The first-order valence-corrected chi connectivity index (χ1v) is 2.76. The fourth-order valence-electron chi connectivity index (χ4n) is 0.653. The number of rotatable bonds is 1. The average Bonchev–Trinajstić information content (AvgIpc) is 1.90. The summed E-state index contributed by atoms with van der Waals surface area (Å²) >= 11 is 0. The monoisotopic (exact) mass is 125 g/mol. The molecule has 3 nitrogen and oxygen atoms in total. The summed E-state index contributed by atoms with van der Waals surface area (Å²) in [6, 6.07) is 0. The lowest BCUT2D eigenvalue weighted by molar-refractivity contribution is 0.325. The first-order chi connectivity index (χ1) is 4.30. The standard InChI is InChI=1S/C5H8BNO2/c8-6(9)7-4-2-1-3-5-7/h1-4,8-9H,5H2.